The Balaban J connectivity index is 2.06. The molecule has 0 spiro atoms. The van der Waals surface area contributed by atoms with Gasteiger partial charge in [-0.05, 0) is 31.2 Å². The van der Waals surface area contributed by atoms with E-state index in [1.54, 1.807) is 0 Å². The van der Waals surface area contributed by atoms with Crippen molar-refractivity contribution in [2.45, 2.75) is 38.1 Å². The third-order valence-electron chi connectivity index (χ3n) is 3.91. The highest BCUT2D eigenvalue weighted by Crippen LogP contribution is 2.29. The molecule has 0 heterocycles. The fourth-order valence-corrected chi connectivity index (χ4v) is 2.70. The molecule has 102 valence electrons. The maximum atomic E-state index is 12.4. The Morgan fingerprint density at radius 1 is 1.37 bits per heavy atom. The Hall–Kier alpha value is -1.42. The van der Waals surface area contributed by atoms with Crippen molar-refractivity contribution >= 4 is 23.1 Å². The van der Waals surface area contributed by atoms with Crippen molar-refractivity contribution < 1.29 is 4.79 Å². The van der Waals surface area contributed by atoms with Crippen LogP contribution in [0.2, 0.25) is 0 Å². The summed E-state index contributed by atoms with van der Waals surface area (Å²) in [5.74, 6) is -0.0106. The number of amides is 1. The number of hydrogen-bond acceptors (Lipinski definition) is 2. The number of carbonyl (C=O) groups excluding carboxylic acids is 1. The van der Waals surface area contributed by atoms with Crippen molar-refractivity contribution in [3.63, 3.8) is 0 Å². The van der Waals surface area contributed by atoms with E-state index >= 15 is 0 Å². The molecule has 1 aliphatic rings. The van der Waals surface area contributed by atoms with Gasteiger partial charge in [-0.2, -0.15) is 0 Å². The molecule has 3 nitrogen and oxygen atoms in total. The highest BCUT2D eigenvalue weighted by Gasteiger charge is 2.29. The predicted octanol–water partition coefficient (Wildman–Crippen LogP) is 2.36. The third-order valence-corrected chi connectivity index (χ3v) is 4.14. The lowest BCUT2D eigenvalue weighted by molar-refractivity contribution is -0.122. The van der Waals surface area contributed by atoms with Crippen LogP contribution >= 0.6 is 12.2 Å². The molecule has 2 rings (SSSR count). The van der Waals surface area contributed by atoms with Crippen LogP contribution in [0.5, 0.6) is 0 Å². The molecule has 0 saturated heterocycles. The molecule has 1 saturated carbocycles. The molecule has 1 fully saturated rings. The number of carbonyl (C=O) groups is 1. The molecule has 0 aromatic heterocycles. The Kier molecular flexibility index (Phi) is 4.53. The van der Waals surface area contributed by atoms with E-state index in [-0.39, 0.29) is 16.9 Å². The molecule has 1 aromatic carbocycles. The van der Waals surface area contributed by atoms with Crippen LogP contribution in [0.15, 0.2) is 30.3 Å². The quantitative estimate of drug-likeness (QED) is 0.812. The van der Waals surface area contributed by atoms with Crippen molar-refractivity contribution in [2.24, 2.45) is 11.7 Å². The Bertz CT molecular complexity index is 456. The summed E-state index contributed by atoms with van der Waals surface area (Å²) < 4.78 is 0. The van der Waals surface area contributed by atoms with Gasteiger partial charge in [0.15, 0.2) is 0 Å². The molecule has 2 atom stereocenters. The van der Waals surface area contributed by atoms with E-state index in [9.17, 15) is 4.79 Å². The highest BCUT2D eigenvalue weighted by molar-refractivity contribution is 7.80. The number of hydrogen-bond donors (Lipinski definition) is 2. The van der Waals surface area contributed by atoms with E-state index < -0.39 is 5.92 Å². The van der Waals surface area contributed by atoms with E-state index in [1.807, 2.05) is 30.3 Å². The summed E-state index contributed by atoms with van der Waals surface area (Å²) >= 11 is 5.05. The van der Waals surface area contributed by atoms with E-state index in [2.05, 4.69) is 12.2 Å². The van der Waals surface area contributed by atoms with Crippen LogP contribution in [0.1, 0.15) is 37.7 Å². The Morgan fingerprint density at radius 3 is 2.47 bits per heavy atom. The van der Waals surface area contributed by atoms with Gasteiger partial charge in [-0.3, -0.25) is 4.79 Å². The van der Waals surface area contributed by atoms with Gasteiger partial charge in [0.1, 0.15) is 5.92 Å². The normalized spacial score (nSPS) is 18.2. The van der Waals surface area contributed by atoms with Crippen LogP contribution in [0.25, 0.3) is 0 Å². The standard InChI is InChI=1S/C15H20N2OS/c1-10(11-8-5-9-11)17-15(18)13(14(16)19)12-6-3-2-4-7-12/h2-4,6-7,10-11,13H,5,8-9H2,1H3,(H2,16,19)(H,17,18). The van der Waals surface area contributed by atoms with Crippen LogP contribution in [0.4, 0.5) is 0 Å². The second kappa shape index (κ2) is 6.15. The van der Waals surface area contributed by atoms with Crippen molar-refractivity contribution in [2.75, 3.05) is 0 Å². The van der Waals surface area contributed by atoms with Gasteiger partial charge in [-0.25, -0.2) is 0 Å². The van der Waals surface area contributed by atoms with Gasteiger partial charge >= 0.3 is 0 Å². The summed E-state index contributed by atoms with van der Waals surface area (Å²) in [6.07, 6.45) is 3.66. The summed E-state index contributed by atoms with van der Waals surface area (Å²) in [6, 6.07) is 9.66. The lowest BCUT2D eigenvalue weighted by atomic mass is 9.80. The van der Waals surface area contributed by atoms with Crippen molar-refractivity contribution in [1.82, 2.24) is 5.32 Å². The molecule has 2 unspecified atom stereocenters. The molecule has 3 N–H and O–H groups in total. The molecule has 4 heteroatoms. The van der Waals surface area contributed by atoms with Gasteiger partial charge in [0.25, 0.3) is 0 Å². The van der Waals surface area contributed by atoms with Crippen LogP contribution in [-0.2, 0) is 4.79 Å². The summed E-state index contributed by atoms with van der Waals surface area (Å²) in [4.78, 5) is 12.6. The van der Waals surface area contributed by atoms with Crippen LogP contribution < -0.4 is 11.1 Å². The highest BCUT2D eigenvalue weighted by atomic mass is 32.1. The Labute approximate surface area is 119 Å². The van der Waals surface area contributed by atoms with Gasteiger partial charge in [-0.15, -0.1) is 0 Å². The van der Waals surface area contributed by atoms with E-state index in [4.69, 9.17) is 18.0 Å². The smallest absolute Gasteiger partial charge is 0.234 e. The van der Waals surface area contributed by atoms with E-state index in [0.29, 0.717) is 5.92 Å². The summed E-state index contributed by atoms with van der Waals surface area (Å²) in [7, 11) is 0. The number of nitrogens with one attached hydrogen (secondary N) is 1. The zero-order valence-corrected chi connectivity index (χ0v) is 12.0. The zero-order chi connectivity index (χ0) is 13.8. The zero-order valence-electron chi connectivity index (χ0n) is 11.1. The number of rotatable bonds is 5. The van der Waals surface area contributed by atoms with Crippen molar-refractivity contribution in [1.29, 1.82) is 0 Å². The largest absolute Gasteiger partial charge is 0.392 e. The molecular formula is C15H20N2OS. The molecule has 0 aliphatic heterocycles. The minimum Gasteiger partial charge on any atom is -0.392 e. The second-order valence-electron chi connectivity index (χ2n) is 5.23. The molecule has 0 radical (unpaired) electrons. The first-order chi connectivity index (χ1) is 9.09. The van der Waals surface area contributed by atoms with Gasteiger partial charge in [0, 0.05) is 6.04 Å². The fourth-order valence-electron chi connectivity index (χ4n) is 2.46. The molecule has 19 heavy (non-hydrogen) atoms. The van der Waals surface area contributed by atoms with Gasteiger partial charge < -0.3 is 11.1 Å². The third kappa shape index (κ3) is 3.32. The predicted molar refractivity (Wildman–Crippen MR) is 80.9 cm³/mol. The van der Waals surface area contributed by atoms with Crippen LogP contribution in [0.3, 0.4) is 0 Å². The molecule has 1 aliphatic carbocycles. The van der Waals surface area contributed by atoms with Gasteiger partial charge in [0.2, 0.25) is 5.91 Å². The first kappa shape index (κ1) is 14.0. The number of thiocarbonyl (C=S) groups is 1. The average Bonchev–Trinajstić information content (AvgIpc) is 2.27. The maximum absolute atomic E-state index is 12.4. The number of nitrogens with two attached hydrogens (primary N) is 1. The number of benzene rings is 1. The van der Waals surface area contributed by atoms with Crippen molar-refractivity contribution in [3.05, 3.63) is 35.9 Å². The summed E-state index contributed by atoms with van der Waals surface area (Å²) in [6.45, 7) is 2.06. The monoisotopic (exact) mass is 276 g/mol. The lowest BCUT2D eigenvalue weighted by Gasteiger charge is -2.32. The minimum atomic E-state index is -0.529. The topological polar surface area (TPSA) is 55.1 Å². The van der Waals surface area contributed by atoms with Crippen LogP contribution in [-0.4, -0.2) is 16.9 Å². The first-order valence-electron chi connectivity index (χ1n) is 6.74. The van der Waals surface area contributed by atoms with E-state index in [1.165, 1.54) is 19.3 Å². The molecule has 0 bridgehead atoms. The second-order valence-corrected chi connectivity index (χ2v) is 5.71. The van der Waals surface area contributed by atoms with Crippen molar-refractivity contribution in [3.8, 4) is 0 Å². The molecule has 1 aromatic rings. The minimum absolute atomic E-state index is 0.0851. The lowest BCUT2D eigenvalue weighted by Crippen LogP contribution is -2.45. The first-order valence-corrected chi connectivity index (χ1v) is 7.15. The van der Waals surface area contributed by atoms with Gasteiger partial charge in [0.05, 0.1) is 4.99 Å². The van der Waals surface area contributed by atoms with Crippen LogP contribution in [0, 0.1) is 5.92 Å². The maximum Gasteiger partial charge on any atom is 0.234 e. The summed E-state index contributed by atoms with van der Waals surface area (Å²) in [5, 5.41) is 3.06. The fraction of sp³-hybridized carbons (Fsp3) is 0.467. The summed E-state index contributed by atoms with van der Waals surface area (Å²) in [5.41, 5.74) is 6.59. The van der Waals surface area contributed by atoms with Gasteiger partial charge in [-0.1, -0.05) is 49.0 Å². The Morgan fingerprint density at radius 2 is 2.00 bits per heavy atom. The van der Waals surface area contributed by atoms with E-state index in [0.717, 1.165) is 5.56 Å². The molecular weight excluding hydrogens is 256 g/mol. The average molecular weight is 276 g/mol. The molecule has 1 amide bonds. The SMILES string of the molecule is CC(NC(=O)C(C(N)=S)c1ccccc1)C1CCC1.